The zero-order chi connectivity index (χ0) is 68.1. The van der Waals surface area contributed by atoms with Gasteiger partial charge in [-0.15, -0.1) is 0 Å². The molecule has 500 valence electrons. The van der Waals surface area contributed by atoms with Crippen molar-refractivity contribution in [2.24, 2.45) is 0 Å². The molecule has 0 aliphatic carbocycles. The van der Waals surface area contributed by atoms with E-state index in [0.717, 1.165) is 113 Å². The van der Waals surface area contributed by atoms with E-state index in [1.807, 2.05) is 115 Å². The van der Waals surface area contributed by atoms with Crippen LogP contribution in [-0.2, 0) is 56.7 Å². The third-order valence-electron chi connectivity index (χ3n) is 16.2. The Labute approximate surface area is 605 Å². The topological polar surface area (TPSA) is 92.3 Å². The summed E-state index contributed by atoms with van der Waals surface area (Å²) in [6, 6.07) is 74.5. The fourth-order valence-electron chi connectivity index (χ4n) is 10.9. The zero-order valence-electron chi connectivity index (χ0n) is 55.2. The SMILES string of the molecule is C=Cc1ccc(COCCOc2ccc(-c3ccc(OCCOCc4ccc(C=C)cc4)c(C(c4cc(-c5ccc(OCCOCc6ccc(C=C)cc6)cc5)ccc4OCCOCc4ccc(C=C)cc4)c4cc(I)cc(I)c4OCCOCc4ccc(C=C)cc4)c3)cc2)cc1. The molecule has 0 saturated carbocycles. The van der Waals surface area contributed by atoms with Crippen LogP contribution in [0.25, 0.3) is 52.6 Å². The lowest BCUT2D eigenvalue weighted by molar-refractivity contribution is 0.0876. The van der Waals surface area contributed by atoms with Crippen molar-refractivity contribution in [2.45, 2.75) is 39.0 Å². The Morgan fingerprint density at radius 1 is 0.276 bits per heavy atom. The van der Waals surface area contributed by atoms with Crippen LogP contribution in [0.1, 0.15) is 78.2 Å². The van der Waals surface area contributed by atoms with Gasteiger partial charge in [0.25, 0.3) is 0 Å². The predicted molar refractivity (Wildman–Crippen MR) is 415 cm³/mol. The minimum atomic E-state index is -0.568. The average molecular weight is 1530 g/mol. The van der Waals surface area contributed by atoms with E-state index >= 15 is 0 Å². The summed E-state index contributed by atoms with van der Waals surface area (Å²) < 4.78 is 66.3. The van der Waals surface area contributed by atoms with Crippen LogP contribution < -0.4 is 23.7 Å². The molecule has 0 heterocycles. The monoisotopic (exact) mass is 1530 g/mol. The first kappa shape index (κ1) is 71.9. The molecule has 0 saturated heterocycles. The Hall–Kier alpha value is -8.84. The first-order valence-electron chi connectivity index (χ1n) is 32.7. The Kier molecular flexibility index (Phi) is 28.1. The molecule has 0 fully saturated rings. The fourth-order valence-corrected chi connectivity index (χ4v) is 12.9. The highest BCUT2D eigenvalue weighted by Crippen LogP contribution is 2.48. The molecule has 0 atom stereocenters. The molecule has 98 heavy (non-hydrogen) atoms. The maximum absolute atomic E-state index is 7.02. The van der Waals surface area contributed by atoms with Crippen LogP contribution >= 0.6 is 45.2 Å². The average Bonchev–Trinajstić information content (AvgIpc) is 0.758. The van der Waals surface area contributed by atoms with E-state index in [1.54, 1.807) is 0 Å². The maximum atomic E-state index is 7.02. The second kappa shape index (κ2) is 38.3. The summed E-state index contributed by atoms with van der Waals surface area (Å²) in [5, 5.41) is 0. The first-order chi connectivity index (χ1) is 48.1. The lowest BCUT2D eigenvalue weighted by Crippen LogP contribution is -2.15. The van der Waals surface area contributed by atoms with Crippen LogP contribution in [-0.4, -0.2) is 66.1 Å². The van der Waals surface area contributed by atoms with Crippen molar-refractivity contribution in [3.8, 4) is 51.0 Å². The van der Waals surface area contributed by atoms with Gasteiger partial charge in [0.05, 0.1) is 69.6 Å². The number of benzene rings is 10. The Morgan fingerprint density at radius 3 is 0.867 bits per heavy atom. The van der Waals surface area contributed by atoms with Gasteiger partial charge in [-0.1, -0.05) is 221 Å². The van der Waals surface area contributed by atoms with Crippen LogP contribution in [0.5, 0.6) is 28.7 Å². The van der Waals surface area contributed by atoms with Gasteiger partial charge in [0.1, 0.15) is 61.8 Å². The van der Waals surface area contributed by atoms with Crippen molar-refractivity contribution in [2.75, 3.05) is 66.1 Å². The van der Waals surface area contributed by atoms with Crippen LogP contribution in [0, 0.1) is 7.14 Å². The Bertz CT molecular complexity index is 3960. The van der Waals surface area contributed by atoms with Crippen molar-refractivity contribution in [3.05, 3.63) is 331 Å². The molecule has 0 bridgehead atoms. The molecule has 0 radical (unpaired) electrons. The molecule has 12 heteroatoms. The second-order valence-corrected chi connectivity index (χ2v) is 25.4. The van der Waals surface area contributed by atoms with E-state index < -0.39 is 5.92 Å². The molecule has 0 aliphatic heterocycles. The normalized spacial score (nSPS) is 11.1. The summed E-state index contributed by atoms with van der Waals surface area (Å²) in [5.41, 5.74) is 17.2. The molecule has 0 amide bonds. The molecule has 0 aliphatic rings. The van der Waals surface area contributed by atoms with Gasteiger partial charge in [0, 0.05) is 26.2 Å². The number of ether oxygens (including phenoxy) is 10. The summed E-state index contributed by atoms with van der Waals surface area (Å²) in [7, 11) is 0. The van der Waals surface area contributed by atoms with Crippen LogP contribution in [0.15, 0.2) is 251 Å². The largest absolute Gasteiger partial charge is 0.491 e. The lowest BCUT2D eigenvalue weighted by Gasteiger charge is -2.28. The van der Waals surface area contributed by atoms with E-state index in [0.29, 0.717) is 96.5 Å². The van der Waals surface area contributed by atoms with Gasteiger partial charge in [-0.05, 0) is 184 Å². The molecule has 0 aromatic heterocycles. The molecule has 0 spiro atoms. The minimum Gasteiger partial charge on any atom is -0.491 e. The Morgan fingerprint density at radius 2 is 0.561 bits per heavy atom. The smallest absolute Gasteiger partial charge is 0.136 e. The van der Waals surface area contributed by atoms with Crippen LogP contribution in [0.3, 0.4) is 0 Å². The van der Waals surface area contributed by atoms with E-state index in [4.69, 9.17) is 47.4 Å². The quantitative estimate of drug-likeness (QED) is 0.0210. The van der Waals surface area contributed by atoms with Crippen molar-refractivity contribution < 1.29 is 47.4 Å². The maximum Gasteiger partial charge on any atom is 0.136 e. The molecule has 10 rings (SSSR count). The van der Waals surface area contributed by atoms with Gasteiger partial charge in [-0.2, -0.15) is 0 Å². The van der Waals surface area contributed by atoms with E-state index in [9.17, 15) is 0 Å². The first-order valence-corrected chi connectivity index (χ1v) is 34.9. The van der Waals surface area contributed by atoms with Gasteiger partial charge >= 0.3 is 0 Å². The van der Waals surface area contributed by atoms with Crippen molar-refractivity contribution >= 4 is 75.6 Å². The predicted octanol–water partition coefficient (Wildman–Crippen LogP) is 20.6. The zero-order valence-corrected chi connectivity index (χ0v) is 59.5. The molecular formula is C86H82I2O10. The van der Waals surface area contributed by atoms with E-state index in [-0.39, 0.29) is 19.8 Å². The summed E-state index contributed by atoms with van der Waals surface area (Å²) in [5.74, 6) is 2.94. The fraction of sp³-hybridized carbons (Fsp3) is 0.186. The van der Waals surface area contributed by atoms with Gasteiger partial charge in [-0.3, -0.25) is 0 Å². The highest BCUT2D eigenvalue weighted by atomic mass is 127. The molecule has 0 N–H and O–H groups in total. The Balaban J connectivity index is 1.00. The van der Waals surface area contributed by atoms with Crippen molar-refractivity contribution in [1.29, 1.82) is 0 Å². The van der Waals surface area contributed by atoms with Gasteiger partial charge in [-0.25, -0.2) is 0 Å². The molecule has 10 aromatic rings. The van der Waals surface area contributed by atoms with Crippen LogP contribution in [0.4, 0.5) is 0 Å². The van der Waals surface area contributed by atoms with Crippen molar-refractivity contribution in [1.82, 2.24) is 0 Å². The molecule has 10 aromatic carbocycles. The minimum absolute atomic E-state index is 0.267. The second-order valence-electron chi connectivity index (χ2n) is 23.0. The van der Waals surface area contributed by atoms with E-state index in [1.165, 1.54) is 0 Å². The van der Waals surface area contributed by atoms with E-state index in [2.05, 4.69) is 212 Å². The van der Waals surface area contributed by atoms with Gasteiger partial charge < -0.3 is 47.4 Å². The number of rotatable bonds is 40. The molecular weight excluding hydrogens is 1450 g/mol. The summed E-state index contributed by atoms with van der Waals surface area (Å²) in [4.78, 5) is 0. The van der Waals surface area contributed by atoms with Gasteiger partial charge in [0.15, 0.2) is 0 Å². The number of halogens is 2. The van der Waals surface area contributed by atoms with Crippen molar-refractivity contribution in [3.63, 3.8) is 0 Å². The van der Waals surface area contributed by atoms with Gasteiger partial charge in [0.2, 0.25) is 0 Å². The molecule has 10 nitrogen and oxygen atoms in total. The summed E-state index contributed by atoms with van der Waals surface area (Å²) in [6.45, 7) is 25.2. The lowest BCUT2D eigenvalue weighted by atomic mass is 9.81. The summed E-state index contributed by atoms with van der Waals surface area (Å²) >= 11 is 4.82. The third kappa shape index (κ3) is 21.6. The number of hydrogen-bond acceptors (Lipinski definition) is 10. The summed E-state index contributed by atoms with van der Waals surface area (Å²) in [6.07, 6.45) is 9.17. The highest BCUT2D eigenvalue weighted by molar-refractivity contribution is 14.1. The highest BCUT2D eigenvalue weighted by Gasteiger charge is 2.30. The molecule has 0 unspecified atom stereocenters. The third-order valence-corrected chi connectivity index (χ3v) is 17.6. The van der Waals surface area contributed by atoms with Crippen LogP contribution in [0.2, 0.25) is 0 Å². The number of hydrogen-bond donors (Lipinski definition) is 0. The standard InChI is InChI=1S/C86H82I2O10/c1-6-62-11-21-67(22-12-62)57-89-43-48-94-77-37-31-72(32-38-77)74-35-41-83(96-50-45-91-59-69-25-15-64(8-3)16-26-69)79(53-74)85(81-55-76(87)56-82(88)86(81)98-52-47-93-61-71-29-19-66(10-5)20-30-71)80-54-75(36-42-84(80)97-51-46-92-60-70-27-17-65(9-4)18-28-70)73-33-39-78(40-34-73)95-49-44-90-58-68-23-13-63(7-2)14-24-68/h6-42,53-56,85H,1-5,43-52,57-61H2.